The number of halogens is 3. The maximum atomic E-state index is 12.9. The number of nitrogens with two attached hydrogens (primary N) is 1. The lowest BCUT2D eigenvalue weighted by atomic mass is 9.98. The molecule has 0 unspecified atom stereocenters. The summed E-state index contributed by atoms with van der Waals surface area (Å²) in [6, 6.07) is 4.64. The summed E-state index contributed by atoms with van der Waals surface area (Å²) in [5, 5.41) is 0. The summed E-state index contributed by atoms with van der Waals surface area (Å²) < 4.78 is 38.8. The Kier molecular flexibility index (Phi) is 3.93. The predicted octanol–water partition coefficient (Wildman–Crippen LogP) is 1.90. The van der Waals surface area contributed by atoms with Gasteiger partial charge in [-0.05, 0) is 18.1 Å². The summed E-state index contributed by atoms with van der Waals surface area (Å²) in [6.07, 6.45) is -4.60. The van der Waals surface area contributed by atoms with Gasteiger partial charge in [0.25, 0.3) is 5.91 Å². The predicted molar refractivity (Wildman–Crippen MR) is 69.2 cm³/mol. The van der Waals surface area contributed by atoms with E-state index in [4.69, 9.17) is 5.73 Å². The van der Waals surface area contributed by atoms with Crippen LogP contribution in [-0.4, -0.2) is 29.8 Å². The molecule has 1 aliphatic rings. The van der Waals surface area contributed by atoms with E-state index in [1.807, 2.05) is 0 Å². The summed E-state index contributed by atoms with van der Waals surface area (Å²) in [5.74, 6) is -1.95. The molecule has 1 heterocycles. The van der Waals surface area contributed by atoms with Gasteiger partial charge in [-0.1, -0.05) is 19.1 Å². The van der Waals surface area contributed by atoms with Gasteiger partial charge in [0.1, 0.15) is 0 Å². The Morgan fingerprint density at radius 2 is 1.86 bits per heavy atom. The van der Waals surface area contributed by atoms with E-state index in [-0.39, 0.29) is 19.0 Å². The molecule has 0 saturated carbocycles. The van der Waals surface area contributed by atoms with E-state index in [1.165, 1.54) is 17.0 Å². The van der Waals surface area contributed by atoms with E-state index in [2.05, 4.69) is 0 Å². The number of alkyl halides is 3. The van der Waals surface area contributed by atoms with Gasteiger partial charge >= 0.3 is 6.18 Å². The molecule has 0 aliphatic carbocycles. The SMILES string of the molecule is C[C@@H]1CN(C(=O)c2ccccc2C(F)(F)F)C[C@H]1C(N)=O. The van der Waals surface area contributed by atoms with Crippen LogP contribution < -0.4 is 5.73 Å². The Morgan fingerprint density at radius 3 is 2.38 bits per heavy atom. The first-order chi connectivity index (χ1) is 9.71. The molecule has 1 aromatic rings. The van der Waals surface area contributed by atoms with Crippen molar-refractivity contribution in [3.8, 4) is 0 Å². The van der Waals surface area contributed by atoms with Crippen LogP contribution in [0.5, 0.6) is 0 Å². The number of amides is 2. The highest BCUT2D eigenvalue weighted by Gasteiger charge is 2.40. The van der Waals surface area contributed by atoms with Crippen molar-refractivity contribution in [2.45, 2.75) is 13.1 Å². The van der Waals surface area contributed by atoms with Gasteiger partial charge < -0.3 is 10.6 Å². The zero-order valence-electron chi connectivity index (χ0n) is 11.4. The largest absolute Gasteiger partial charge is 0.417 e. The smallest absolute Gasteiger partial charge is 0.369 e. The molecule has 114 valence electrons. The second-order valence-electron chi connectivity index (χ2n) is 5.24. The molecule has 2 N–H and O–H groups in total. The van der Waals surface area contributed by atoms with E-state index in [1.54, 1.807) is 6.92 Å². The first-order valence-electron chi connectivity index (χ1n) is 6.46. The lowest BCUT2D eigenvalue weighted by Gasteiger charge is -2.19. The van der Waals surface area contributed by atoms with Crippen molar-refractivity contribution in [1.82, 2.24) is 4.90 Å². The molecule has 0 radical (unpaired) electrons. The van der Waals surface area contributed by atoms with Crippen molar-refractivity contribution in [2.24, 2.45) is 17.6 Å². The summed E-state index contributed by atoms with van der Waals surface area (Å²) in [5.41, 5.74) is 3.86. The molecule has 2 amide bonds. The fourth-order valence-electron chi connectivity index (χ4n) is 2.59. The molecule has 2 atom stereocenters. The number of benzene rings is 1. The Labute approximate surface area is 119 Å². The number of rotatable bonds is 2. The molecule has 1 saturated heterocycles. The van der Waals surface area contributed by atoms with Gasteiger partial charge in [0, 0.05) is 13.1 Å². The second kappa shape index (κ2) is 5.38. The Hall–Kier alpha value is -2.05. The molecular weight excluding hydrogens is 285 g/mol. The third-order valence-electron chi connectivity index (χ3n) is 3.73. The fraction of sp³-hybridized carbons (Fsp3) is 0.429. The van der Waals surface area contributed by atoms with Crippen molar-refractivity contribution in [1.29, 1.82) is 0 Å². The minimum absolute atomic E-state index is 0.0571. The van der Waals surface area contributed by atoms with Crippen molar-refractivity contribution in [3.63, 3.8) is 0 Å². The number of carbonyl (C=O) groups excluding carboxylic acids is 2. The molecule has 1 aromatic carbocycles. The Balaban J connectivity index is 2.29. The highest BCUT2D eigenvalue weighted by molar-refractivity contribution is 5.96. The average Bonchev–Trinajstić information content (AvgIpc) is 2.79. The van der Waals surface area contributed by atoms with Crippen LogP contribution in [0.4, 0.5) is 13.2 Å². The van der Waals surface area contributed by atoms with Gasteiger partial charge in [0.05, 0.1) is 17.0 Å². The monoisotopic (exact) mass is 300 g/mol. The first kappa shape index (κ1) is 15.3. The van der Waals surface area contributed by atoms with Crippen molar-refractivity contribution < 1.29 is 22.8 Å². The highest BCUT2D eigenvalue weighted by Crippen LogP contribution is 2.33. The number of hydrogen-bond donors (Lipinski definition) is 1. The number of primary amides is 1. The van der Waals surface area contributed by atoms with E-state index >= 15 is 0 Å². The molecule has 21 heavy (non-hydrogen) atoms. The number of hydrogen-bond acceptors (Lipinski definition) is 2. The molecule has 1 fully saturated rings. The highest BCUT2D eigenvalue weighted by atomic mass is 19.4. The maximum Gasteiger partial charge on any atom is 0.417 e. The number of likely N-dealkylation sites (tertiary alicyclic amines) is 1. The van der Waals surface area contributed by atoms with Crippen LogP contribution in [0.3, 0.4) is 0 Å². The molecule has 7 heteroatoms. The van der Waals surface area contributed by atoms with E-state index in [0.717, 1.165) is 12.1 Å². The molecule has 0 bridgehead atoms. The van der Waals surface area contributed by atoms with Crippen LogP contribution in [0.2, 0.25) is 0 Å². The van der Waals surface area contributed by atoms with Crippen LogP contribution >= 0.6 is 0 Å². The van der Waals surface area contributed by atoms with E-state index in [0.29, 0.717) is 0 Å². The lowest BCUT2D eigenvalue weighted by Crippen LogP contribution is -2.33. The lowest BCUT2D eigenvalue weighted by molar-refractivity contribution is -0.138. The van der Waals surface area contributed by atoms with Crippen molar-refractivity contribution >= 4 is 11.8 Å². The van der Waals surface area contributed by atoms with Gasteiger partial charge in [0.2, 0.25) is 5.91 Å². The van der Waals surface area contributed by atoms with Crippen LogP contribution in [0.15, 0.2) is 24.3 Å². The standard InChI is InChI=1S/C14H15F3N2O2/c1-8-6-19(7-10(8)12(18)20)13(21)9-4-2-3-5-11(9)14(15,16)17/h2-5,8,10H,6-7H2,1H3,(H2,18,20)/t8-,10-/m1/s1. The fourth-order valence-corrected chi connectivity index (χ4v) is 2.59. The second-order valence-corrected chi connectivity index (χ2v) is 5.24. The topological polar surface area (TPSA) is 63.4 Å². The molecule has 0 spiro atoms. The van der Waals surface area contributed by atoms with Gasteiger partial charge in [-0.2, -0.15) is 13.2 Å². The summed E-state index contributed by atoms with van der Waals surface area (Å²) in [6.45, 7) is 2.03. The van der Waals surface area contributed by atoms with Crippen LogP contribution in [0.1, 0.15) is 22.8 Å². The summed E-state index contributed by atoms with van der Waals surface area (Å²) in [7, 11) is 0. The van der Waals surface area contributed by atoms with Gasteiger partial charge in [-0.15, -0.1) is 0 Å². The zero-order chi connectivity index (χ0) is 15.8. The maximum absolute atomic E-state index is 12.9. The van der Waals surface area contributed by atoms with Gasteiger partial charge in [0.15, 0.2) is 0 Å². The normalized spacial score (nSPS) is 22.4. The van der Waals surface area contributed by atoms with Crippen molar-refractivity contribution in [3.05, 3.63) is 35.4 Å². The van der Waals surface area contributed by atoms with E-state index < -0.39 is 35.0 Å². The minimum Gasteiger partial charge on any atom is -0.369 e. The summed E-state index contributed by atoms with van der Waals surface area (Å²) in [4.78, 5) is 24.8. The van der Waals surface area contributed by atoms with Crippen molar-refractivity contribution in [2.75, 3.05) is 13.1 Å². The van der Waals surface area contributed by atoms with Crippen LogP contribution in [0.25, 0.3) is 0 Å². The first-order valence-corrected chi connectivity index (χ1v) is 6.46. The van der Waals surface area contributed by atoms with Crippen LogP contribution in [0, 0.1) is 11.8 Å². The van der Waals surface area contributed by atoms with E-state index in [9.17, 15) is 22.8 Å². The Morgan fingerprint density at radius 1 is 1.24 bits per heavy atom. The Bertz CT molecular complexity index is 572. The molecular formula is C14H15F3N2O2. The molecule has 1 aliphatic heterocycles. The third-order valence-corrected chi connectivity index (χ3v) is 3.73. The molecule has 2 rings (SSSR count). The summed E-state index contributed by atoms with van der Waals surface area (Å²) >= 11 is 0. The van der Waals surface area contributed by atoms with Gasteiger partial charge in [-0.25, -0.2) is 0 Å². The number of nitrogens with zero attached hydrogens (tertiary/aromatic N) is 1. The van der Waals surface area contributed by atoms with Gasteiger partial charge in [-0.3, -0.25) is 9.59 Å². The quantitative estimate of drug-likeness (QED) is 0.906. The molecule has 0 aromatic heterocycles. The zero-order valence-corrected chi connectivity index (χ0v) is 11.4. The number of carbonyl (C=O) groups is 2. The third kappa shape index (κ3) is 3.01. The minimum atomic E-state index is -4.60. The van der Waals surface area contributed by atoms with Crippen LogP contribution in [-0.2, 0) is 11.0 Å². The molecule has 4 nitrogen and oxygen atoms in total. The average molecular weight is 300 g/mol.